The van der Waals surface area contributed by atoms with Gasteiger partial charge in [-0.05, 0) is 48.6 Å². The van der Waals surface area contributed by atoms with Gasteiger partial charge in [-0.1, -0.05) is 45.0 Å². The minimum atomic E-state index is -0.215. The highest BCUT2D eigenvalue weighted by Crippen LogP contribution is 2.31. The standard InChI is InChI=1S/C24H27N5O/c1-4-16-8-7-9-17(14-16)29-22(25)20(24(30)26-13-12-15(2)3)21-23(29)28-19-11-6-5-10-18(19)27-21/h5-11,14-15H,4,12-13,25H2,1-3H3,(H,26,30). The SMILES string of the molecule is CCc1cccc(-n2c(N)c(C(=O)NCCC(C)C)c3nc4ccccc4nc32)c1. The summed E-state index contributed by atoms with van der Waals surface area (Å²) in [4.78, 5) is 22.7. The number of anilines is 1. The van der Waals surface area contributed by atoms with Gasteiger partial charge in [-0.15, -0.1) is 0 Å². The quantitative estimate of drug-likeness (QED) is 0.498. The highest BCUT2D eigenvalue weighted by molar-refractivity contribution is 6.11. The first kappa shape index (κ1) is 19.9. The zero-order valence-electron chi connectivity index (χ0n) is 17.6. The molecule has 0 aliphatic rings. The summed E-state index contributed by atoms with van der Waals surface area (Å²) >= 11 is 0. The summed E-state index contributed by atoms with van der Waals surface area (Å²) in [5.41, 5.74) is 11.6. The summed E-state index contributed by atoms with van der Waals surface area (Å²) in [6.45, 7) is 6.96. The van der Waals surface area contributed by atoms with Gasteiger partial charge in [0.2, 0.25) is 0 Å². The van der Waals surface area contributed by atoms with Crippen LogP contribution >= 0.6 is 0 Å². The zero-order valence-corrected chi connectivity index (χ0v) is 17.6. The molecule has 2 heterocycles. The van der Waals surface area contributed by atoms with Crippen molar-refractivity contribution in [1.29, 1.82) is 0 Å². The molecule has 0 spiro atoms. The van der Waals surface area contributed by atoms with Gasteiger partial charge in [0, 0.05) is 12.2 Å². The molecule has 6 heteroatoms. The monoisotopic (exact) mass is 401 g/mol. The summed E-state index contributed by atoms with van der Waals surface area (Å²) in [5.74, 6) is 0.647. The number of nitrogens with two attached hydrogens (primary N) is 1. The third-order valence-corrected chi connectivity index (χ3v) is 5.31. The van der Waals surface area contributed by atoms with Gasteiger partial charge in [0.05, 0.1) is 11.0 Å². The Morgan fingerprint density at radius 3 is 2.53 bits per heavy atom. The van der Waals surface area contributed by atoms with Gasteiger partial charge in [-0.25, -0.2) is 9.97 Å². The van der Waals surface area contributed by atoms with E-state index >= 15 is 0 Å². The summed E-state index contributed by atoms with van der Waals surface area (Å²) in [7, 11) is 0. The van der Waals surface area contributed by atoms with Gasteiger partial charge in [0.15, 0.2) is 5.65 Å². The van der Waals surface area contributed by atoms with Crippen molar-refractivity contribution in [2.45, 2.75) is 33.6 Å². The number of carbonyl (C=O) groups excluding carboxylic acids is 1. The highest BCUT2D eigenvalue weighted by Gasteiger charge is 2.24. The van der Waals surface area contributed by atoms with E-state index in [0.29, 0.717) is 35.0 Å². The van der Waals surface area contributed by atoms with E-state index in [1.807, 2.05) is 41.0 Å². The molecule has 0 saturated heterocycles. The first-order valence-electron chi connectivity index (χ1n) is 10.4. The van der Waals surface area contributed by atoms with E-state index in [2.05, 4.69) is 38.2 Å². The van der Waals surface area contributed by atoms with Crippen LogP contribution in [-0.4, -0.2) is 27.0 Å². The molecule has 4 aromatic rings. The van der Waals surface area contributed by atoms with Crippen LogP contribution in [0.2, 0.25) is 0 Å². The molecule has 30 heavy (non-hydrogen) atoms. The fourth-order valence-electron chi connectivity index (χ4n) is 3.63. The van der Waals surface area contributed by atoms with Gasteiger partial charge in [-0.3, -0.25) is 9.36 Å². The van der Waals surface area contributed by atoms with Gasteiger partial charge < -0.3 is 11.1 Å². The molecule has 0 saturated carbocycles. The summed E-state index contributed by atoms with van der Waals surface area (Å²) in [6, 6.07) is 15.8. The van der Waals surface area contributed by atoms with Crippen LogP contribution in [0.15, 0.2) is 48.5 Å². The number of amides is 1. The van der Waals surface area contributed by atoms with E-state index in [4.69, 9.17) is 15.7 Å². The van der Waals surface area contributed by atoms with Gasteiger partial charge >= 0.3 is 0 Å². The second-order valence-corrected chi connectivity index (χ2v) is 7.94. The van der Waals surface area contributed by atoms with Crippen molar-refractivity contribution in [2.24, 2.45) is 5.92 Å². The third kappa shape index (κ3) is 3.61. The third-order valence-electron chi connectivity index (χ3n) is 5.31. The second kappa shape index (κ2) is 8.14. The Hall–Kier alpha value is -3.41. The number of nitrogens with zero attached hydrogens (tertiary/aromatic N) is 3. The summed E-state index contributed by atoms with van der Waals surface area (Å²) < 4.78 is 1.84. The van der Waals surface area contributed by atoms with Crippen molar-refractivity contribution in [2.75, 3.05) is 12.3 Å². The minimum absolute atomic E-state index is 0.215. The number of nitrogen functional groups attached to an aromatic ring is 1. The van der Waals surface area contributed by atoms with Gasteiger partial charge in [0.1, 0.15) is 16.9 Å². The number of fused-ring (bicyclic) bond motifs is 2. The van der Waals surface area contributed by atoms with Crippen LogP contribution in [0.4, 0.5) is 5.82 Å². The predicted octanol–water partition coefficient (Wildman–Crippen LogP) is 4.49. The van der Waals surface area contributed by atoms with Crippen molar-refractivity contribution in [3.63, 3.8) is 0 Å². The molecule has 4 rings (SSSR count). The first-order chi connectivity index (χ1) is 14.5. The Kier molecular flexibility index (Phi) is 5.40. The smallest absolute Gasteiger partial charge is 0.257 e. The van der Waals surface area contributed by atoms with Crippen LogP contribution in [0.25, 0.3) is 27.9 Å². The Bertz CT molecular complexity index is 1230. The first-order valence-corrected chi connectivity index (χ1v) is 10.4. The fraction of sp³-hybridized carbons (Fsp3) is 0.292. The van der Waals surface area contributed by atoms with E-state index < -0.39 is 0 Å². The van der Waals surface area contributed by atoms with E-state index in [0.717, 1.165) is 29.6 Å². The largest absolute Gasteiger partial charge is 0.384 e. The molecule has 0 radical (unpaired) electrons. The lowest BCUT2D eigenvalue weighted by Gasteiger charge is -2.10. The lowest BCUT2D eigenvalue weighted by atomic mass is 10.1. The zero-order chi connectivity index (χ0) is 21.3. The van der Waals surface area contributed by atoms with Crippen molar-refractivity contribution >= 4 is 33.9 Å². The van der Waals surface area contributed by atoms with Gasteiger partial charge in [-0.2, -0.15) is 0 Å². The van der Waals surface area contributed by atoms with Crippen molar-refractivity contribution in [3.05, 3.63) is 59.7 Å². The molecule has 0 unspecified atom stereocenters. The number of aromatic nitrogens is 3. The van der Waals surface area contributed by atoms with E-state index in [1.165, 1.54) is 5.56 Å². The highest BCUT2D eigenvalue weighted by atomic mass is 16.1. The maximum atomic E-state index is 13.1. The Morgan fingerprint density at radius 2 is 1.83 bits per heavy atom. The topological polar surface area (TPSA) is 85.8 Å². The Balaban J connectivity index is 1.93. The molecule has 0 aliphatic heterocycles. The number of hydrogen-bond donors (Lipinski definition) is 2. The molecular formula is C24H27N5O. The molecule has 2 aromatic carbocycles. The molecule has 0 atom stereocenters. The Morgan fingerprint density at radius 1 is 1.10 bits per heavy atom. The van der Waals surface area contributed by atoms with Crippen molar-refractivity contribution < 1.29 is 4.79 Å². The normalized spacial score (nSPS) is 11.5. The van der Waals surface area contributed by atoms with Crippen LogP contribution in [0.1, 0.15) is 43.1 Å². The summed E-state index contributed by atoms with van der Waals surface area (Å²) in [6.07, 6.45) is 1.81. The maximum absolute atomic E-state index is 13.1. The molecule has 0 bridgehead atoms. The number of carbonyl (C=O) groups is 1. The second-order valence-electron chi connectivity index (χ2n) is 7.94. The molecule has 1 amide bonds. The molecule has 0 fully saturated rings. The molecule has 2 aromatic heterocycles. The van der Waals surface area contributed by atoms with E-state index in [1.54, 1.807) is 0 Å². The van der Waals surface area contributed by atoms with Crippen LogP contribution < -0.4 is 11.1 Å². The van der Waals surface area contributed by atoms with Crippen LogP contribution in [0, 0.1) is 5.92 Å². The van der Waals surface area contributed by atoms with Crippen molar-refractivity contribution in [1.82, 2.24) is 19.9 Å². The molecule has 3 N–H and O–H groups in total. The van der Waals surface area contributed by atoms with Crippen LogP contribution in [0.3, 0.4) is 0 Å². The molecule has 154 valence electrons. The van der Waals surface area contributed by atoms with Gasteiger partial charge in [0.25, 0.3) is 5.91 Å². The molecule has 6 nitrogen and oxygen atoms in total. The lowest BCUT2D eigenvalue weighted by Crippen LogP contribution is -2.26. The number of nitrogens with one attached hydrogen (secondary N) is 1. The number of hydrogen-bond acceptors (Lipinski definition) is 4. The average molecular weight is 402 g/mol. The average Bonchev–Trinajstić information content (AvgIpc) is 3.02. The van der Waals surface area contributed by atoms with Crippen LogP contribution in [0.5, 0.6) is 0 Å². The predicted molar refractivity (Wildman–Crippen MR) is 122 cm³/mol. The van der Waals surface area contributed by atoms with E-state index in [-0.39, 0.29) is 5.91 Å². The fourth-order valence-corrected chi connectivity index (χ4v) is 3.63. The Labute approximate surface area is 176 Å². The lowest BCUT2D eigenvalue weighted by molar-refractivity contribution is 0.0954. The molecule has 0 aliphatic carbocycles. The van der Waals surface area contributed by atoms with E-state index in [9.17, 15) is 4.79 Å². The number of rotatable bonds is 6. The van der Waals surface area contributed by atoms with Crippen molar-refractivity contribution in [3.8, 4) is 5.69 Å². The number of benzene rings is 2. The molecular weight excluding hydrogens is 374 g/mol. The maximum Gasteiger partial charge on any atom is 0.257 e. The van der Waals surface area contributed by atoms with Crippen LogP contribution in [-0.2, 0) is 6.42 Å². The minimum Gasteiger partial charge on any atom is -0.384 e. The summed E-state index contributed by atoms with van der Waals surface area (Å²) in [5, 5.41) is 3.00. The number of aryl methyl sites for hydroxylation is 1. The number of para-hydroxylation sites is 2.